The maximum Gasteiger partial charge on any atom is 0.225 e. The zero-order valence-electron chi connectivity index (χ0n) is 15.4. The summed E-state index contributed by atoms with van der Waals surface area (Å²) in [6, 6.07) is 0. The molecule has 0 radical (unpaired) electrons. The average molecular weight is 448 g/mol. The van der Waals surface area contributed by atoms with Crippen LogP contribution in [-0.2, 0) is 4.79 Å². The van der Waals surface area contributed by atoms with Gasteiger partial charge < -0.3 is 15.1 Å². The molecule has 0 atom stereocenters. The number of nitrogens with one attached hydrogen (secondary N) is 1. The molecule has 2 aliphatic carbocycles. The summed E-state index contributed by atoms with van der Waals surface area (Å²) in [6.07, 6.45) is 5.58. The molecule has 3 fully saturated rings. The van der Waals surface area contributed by atoms with E-state index in [9.17, 15) is 4.79 Å². The maximum atomic E-state index is 12.1. The number of aliphatic imine (C=N–C) groups is 1. The van der Waals surface area contributed by atoms with Gasteiger partial charge in [-0.1, -0.05) is 13.8 Å². The number of nitrogens with zero attached hydrogens (tertiary/aromatic N) is 3. The number of guanidine groups is 1. The molecular weight excluding hydrogens is 415 g/mol. The predicted molar refractivity (Wildman–Crippen MR) is 109 cm³/mol. The molecule has 1 amide bonds. The van der Waals surface area contributed by atoms with Gasteiger partial charge in [0.05, 0.1) is 0 Å². The fraction of sp³-hybridized carbons (Fsp3) is 0.889. The lowest BCUT2D eigenvalue weighted by molar-refractivity contribution is -0.135. The van der Waals surface area contributed by atoms with Crippen LogP contribution < -0.4 is 5.32 Å². The summed E-state index contributed by atoms with van der Waals surface area (Å²) in [5.74, 6) is 2.37. The van der Waals surface area contributed by atoms with Gasteiger partial charge in [-0.15, -0.1) is 24.0 Å². The number of amides is 1. The summed E-state index contributed by atoms with van der Waals surface area (Å²) in [7, 11) is 0. The molecule has 5 nitrogen and oxygen atoms in total. The zero-order chi connectivity index (χ0) is 16.4. The standard InChI is InChI=1S/C18H32N4O.HI/c1-4-19-17(20-13-18(7-8-18)15-5-6-15)22-11-9-21(10-12-22)16(23)14(2)3;/h14-15H,4-13H2,1-3H3,(H,19,20);1H. The molecule has 24 heavy (non-hydrogen) atoms. The third-order valence-electron chi connectivity index (χ3n) is 5.60. The number of piperazine rings is 1. The Kier molecular flexibility index (Phi) is 6.79. The Morgan fingerprint density at radius 2 is 1.75 bits per heavy atom. The summed E-state index contributed by atoms with van der Waals surface area (Å²) >= 11 is 0. The predicted octanol–water partition coefficient (Wildman–Crippen LogP) is 2.56. The van der Waals surface area contributed by atoms with E-state index in [1.807, 2.05) is 18.7 Å². The van der Waals surface area contributed by atoms with Crippen molar-refractivity contribution in [3.05, 3.63) is 0 Å². The Morgan fingerprint density at radius 1 is 1.17 bits per heavy atom. The minimum absolute atomic E-state index is 0. The van der Waals surface area contributed by atoms with Crippen molar-refractivity contribution in [3.63, 3.8) is 0 Å². The first kappa shape index (κ1) is 19.8. The van der Waals surface area contributed by atoms with Crippen molar-refractivity contribution in [1.29, 1.82) is 0 Å². The van der Waals surface area contributed by atoms with Gasteiger partial charge in [0.1, 0.15) is 0 Å². The summed E-state index contributed by atoms with van der Waals surface area (Å²) in [5.41, 5.74) is 0.552. The first-order valence-electron chi connectivity index (χ1n) is 9.38. The molecule has 0 aromatic heterocycles. The van der Waals surface area contributed by atoms with Crippen LogP contribution in [0.2, 0.25) is 0 Å². The van der Waals surface area contributed by atoms with Crippen molar-refractivity contribution in [2.45, 2.75) is 46.5 Å². The van der Waals surface area contributed by atoms with E-state index in [1.54, 1.807) is 0 Å². The van der Waals surface area contributed by atoms with E-state index in [2.05, 4.69) is 17.1 Å². The van der Waals surface area contributed by atoms with Gasteiger partial charge in [-0.25, -0.2) is 0 Å². The second-order valence-electron chi connectivity index (χ2n) is 7.77. The van der Waals surface area contributed by atoms with Crippen molar-refractivity contribution < 1.29 is 4.79 Å². The summed E-state index contributed by atoms with van der Waals surface area (Å²) in [6.45, 7) is 11.4. The SMILES string of the molecule is CCNC(=NCC1(C2CC2)CC1)N1CCN(C(=O)C(C)C)CC1.I. The number of carbonyl (C=O) groups excluding carboxylic acids is 1. The van der Waals surface area contributed by atoms with E-state index in [4.69, 9.17) is 4.99 Å². The monoisotopic (exact) mass is 448 g/mol. The van der Waals surface area contributed by atoms with Gasteiger partial charge in [0.15, 0.2) is 5.96 Å². The number of hydrogen-bond acceptors (Lipinski definition) is 2. The van der Waals surface area contributed by atoms with E-state index >= 15 is 0 Å². The molecule has 0 aromatic rings. The zero-order valence-corrected chi connectivity index (χ0v) is 17.7. The van der Waals surface area contributed by atoms with E-state index in [-0.39, 0.29) is 35.8 Å². The molecule has 138 valence electrons. The molecule has 2 saturated carbocycles. The molecule has 0 spiro atoms. The smallest absolute Gasteiger partial charge is 0.225 e. The minimum atomic E-state index is 0. The fourth-order valence-electron chi connectivity index (χ4n) is 3.71. The van der Waals surface area contributed by atoms with Crippen LogP contribution in [0.25, 0.3) is 0 Å². The Balaban J connectivity index is 0.00000208. The molecule has 1 heterocycles. The van der Waals surface area contributed by atoms with Gasteiger partial charge in [0.25, 0.3) is 0 Å². The lowest BCUT2D eigenvalue weighted by Crippen LogP contribution is -2.54. The maximum absolute atomic E-state index is 12.1. The van der Waals surface area contributed by atoms with Gasteiger partial charge in [-0.3, -0.25) is 9.79 Å². The lowest BCUT2D eigenvalue weighted by Gasteiger charge is -2.37. The van der Waals surface area contributed by atoms with Crippen LogP contribution in [0.15, 0.2) is 4.99 Å². The molecule has 3 aliphatic rings. The Labute approximate surface area is 163 Å². The van der Waals surface area contributed by atoms with Crippen molar-refractivity contribution in [1.82, 2.24) is 15.1 Å². The molecule has 1 saturated heterocycles. The highest BCUT2D eigenvalue weighted by molar-refractivity contribution is 14.0. The first-order chi connectivity index (χ1) is 11.1. The summed E-state index contributed by atoms with van der Waals surface area (Å²) in [5, 5.41) is 3.45. The molecule has 0 unspecified atom stereocenters. The Morgan fingerprint density at radius 3 is 2.21 bits per heavy atom. The van der Waals surface area contributed by atoms with Crippen LogP contribution in [0.5, 0.6) is 0 Å². The molecular formula is C18H33IN4O. The normalized spacial score (nSPS) is 23.1. The van der Waals surface area contributed by atoms with Crippen LogP contribution in [0.1, 0.15) is 46.5 Å². The highest BCUT2D eigenvalue weighted by Crippen LogP contribution is 2.61. The minimum Gasteiger partial charge on any atom is -0.357 e. The second-order valence-corrected chi connectivity index (χ2v) is 7.77. The summed E-state index contributed by atoms with van der Waals surface area (Å²) < 4.78 is 0. The van der Waals surface area contributed by atoms with Gasteiger partial charge >= 0.3 is 0 Å². The van der Waals surface area contributed by atoms with Crippen LogP contribution in [0, 0.1) is 17.3 Å². The van der Waals surface area contributed by atoms with E-state index in [1.165, 1.54) is 25.7 Å². The van der Waals surface area contributed by atoms with Gasteiger partial charge in [-0.05, 0) is 43.9 Å². The Hall–Kier alpha value is -0.530. The van der Waals surface area contributed by atoms with Crippen molar-refractivity contribution in [2.75, 3.05) is 39.3 Å². The molecule has 6 heteroatoms. The fourth-order valence-corrected chi connectivity index (χ4v) is 3.71. The molecule has 3 rings (SSSR count). The highest BCUT2D eigenvalue weighted by Gasteiger charge is 2.53. The van der Waals surface area contributed by atoms with Crippen LogP contribution in [0.3, 0.4) is 0 Å². The van der Waals surface area contributed by atoms with Crippen LogP contribution in [0.4, 0.5) is 0 Å². The van der Waals surface area contributed by atoms with Gasteiger partial charge in [0.2, 0.25) is 5.91 Å². The second kappa shape index (κ2) is 8.23. The Bertz CT molecular complexity index is 464. The molecule has 0 bridgehead atoms. The quantitative estimate of drug-likeness (QED) is 0.400. The van der Waals surface area contributed by atoms with Crippen LogP contribution >= 0.6 is 24.0 Å². The van der Waals surface area contributed by atoms with Gasteiger partial charge in [-0.2, -0.15) is 0 Å². The molecule has 0 aromatic carbocycles. The summed E-state index contributed by atoms with van der Waals surface area (Å²) in [4.78, 5) is 21.4. The lowest BCUT2D eigenvalue weighted by atomic mass is 10.0. The number of halogens is 1. The van der Waals surface area contributed by atoms with E-state index < -0.39 is 0 Å². The van der Waals surface area contributed by atoms with Crippen molar-refractivity contribution in [2.24, 2.45) is 22.2 Å². The van der Waals surface area contributed by atoms with Crippen molar-refractivity contribution >= 4 is 35.8 Å². The van der Waals surface area contributed by atoms with Crippen molar-refractivity contribution in [3.8, 4) is 0 Å². The van der Waals surface area contributed by atoms with E-state index in [0.717, 1.165) is 51.1 Å². The largest absolute Gasteiger partial charge is 0.357 e. The third-order valence-corrected chi connectivity index (χ3v) is 5.60. The van der Waals surface area contributed by atoms with E-state index in [0.29, 0.717) is 5.41 Å². The molecule has 1 N–H and O–H groups in total. The highest BCUT2D eigenvalue weighted by atomic mass is 127. The molecule has 1 aliphatic heterocycles. The topological polar surface area (TPSA) is 47.9 Å². The number of rotatable bonds is 5. The average Bonchev–Trinajstić information content (AvgIpc) is 3.43. The first-order valence-corrected chi connectivity index (χ1v) is 9.38. The number of hydrogen-bond donors (Lipinski definition) is 1. The number of carbonyl (C=O) groups is 1. The third kappa shape index (κ3) is 4.55. The van der Waals surface area contributed by atoms with Gasteiger partial charge in [0, 0.05) is 45.2 Å². The van der Waals surface area contributed by atoms with Crippen LogP contribution in [-0.4, -0.2) is 60.9 Å².